The van der Waals surface area contributed by atoms with Crippen LogP contribution in [-0.2, 0) is 4.79 Å². The Morgan fingerprint density at radius 2 is 2.03 bits per heavy atom. The lowest BCUT2D eigenvalue weighted by molar-refractivity contribution is -0.116. The van der Waals surface area contributed by atoms with Crippen molar-refractivity contribution in [1.29, 1.82) is 0 Å². The molecule has 2 N–H and O–H groups in total. The SMILES string of the molecule is C#CCOc1ccc(C2CC(=O)Nc3c2sc(C(=O)O)c3-c2ccc(F)cc2)cc1OC. The van der Waals surface area contributed by atoms with Crippen molar-refractivity contribution >= 4 is 28.9 Å². The number of terminal acetylenes is 1. The highest BCUT2D eigenvalue weighted by atomic mass is 32.1. The predicted octanol–water partition coefficient (Wildman–Crippen LogP) is 4.75. The zero-order valence-corrected chi connectivity index (χ0v) is 17.8. The fourth-order valence-corrected chi connectivity index (χ4v) is 4.98. The number of carbonyl (C=O) groups is 2. The first-order valence-corrected chi connectivity index (χ1v) is 10.4. The van der Waals surface area contributed by atoms with Crippen LogP contribution in [0.15, 0.2) is 42.5 Å². The maximum absolute atomic E-state index is 13.4. The minimum atomic E-state index is -1.12. The summed E-state index contributed by atoms with van der Waals surface area (Å²) in [7, 11) is 1.50. The number of amides is 1. The summed E-state index contributed by atoms with van der Waals surface area (Å²) in [5, 5.41) is 12.6. The van der Waals surface area contributed by atoms with Gasteiger partial charge in [-0.25, -0.2) is 9.18 Å². The van der Waals surface area contributed by atoms with Gasteiger partial charge in [0.05, 0.1) is 12.8 Å². The van der Waals surface area contributed by atoms with Gasteiger partial charge in [-0.15, -0.1) is 17.8 Å². The molecule has 32 heavy (non-hydrogen) atoms. The number of methoxy groups -OCH3 is 1. The van der Waals surface area contributed by atoms with E-state index in [-0.39, 0.29) is 29.7 Å². The number of hydrogen-bond donors (Lipinski definition) is 2. The fraction of sp³-hybridized carbons (Fsp3) is 0.167. The molecule has 8 heteroatoms. The molecule has 3 aromatic rings. The summed E-state index contributed by atoms with van der Waals surface area (Å²) >= 11 is 1.10. The third kappa shape index (κ3) is 3.90. The van der Waals surface area contributed by atoms with E-state index in [1.165, 1.54) is 31.4 Å². The summed E-state index contributed by atoms with van der Waals surface area (Å²) in [5.74, 6) is 1.14. The Morgan fingerprint density at radius 1 is 1.28 bits per heavy atom. The molecular formula is C24H18FNO5S. The molecule has 4 rings (SSSR count). The first kappa shape index (κ1) is 21.4. The number of rotatable bonds is 6. The van der Waals surface area contributed by atoms with Crippen LogP contribution in [0.3, 0.4) is 0 Å². The van der Waals surface area contributed by atoms with Crippen molar-refractivity contribution in [2.75, 3.05) is 19.0 Å². The molecule has 0 bridgehead atoms. The number of nitrogens with one attached hydrogen (secondary N) is 1. The number of benzene rings is 2. The molecule has 6 nitrogen and oxygen atoms in total. The number of carbonyl (C=O) groups excluding carboxylic acids is 1. The number of carboxylic acid groups (broad SMARTS) is 1. The Hall–Kier alpha value is -3.83. The highest BCUT2D eigenvalue weighted by Crippen LogP contribution is 2.50. The van der Waals surface area contributed by atoms with Crippen molar-refractivity contribution in [1.82, 2.24) is 0 Å². The number of anilines is 1. The van der Waals surface area contributed by atoms with Gasteiger partial charge in [0, 0.05) is 22.8 Å². The maximum atomic E-state index is 13.4. The third-order valence-corrected chi connectivity index (χ3v) is 6.43. The van der Waals surface area contributed by atoms with Crippen LogP contribution in [0, 0.1) is 18.2 Å². The van der Waals surface area contributed by atoms with E-state index < -0.39 is 11.8 Å². The lowest BCUT2D eigenvalue weighted by Crippen LogP contribution is -2.22. The van der Waals surface area contributed by atoms with Crippen molar-refractivity contribution in [3.63, 3.8) is 0 Å². The van der Waals surface area contributed by atoms with E-state index in [1.54, 1.807) is 18.2 Å². The Labute approximate surface area is 187 Å². The topological polar surface area (TPSA) is 84.9 Å². The van der Waals surface area contributed by atoms with Gasteiger partial charge in [0.1, 0.15) is 17.3 Å². The van der Waals surface area contributed by atoms with Crippen molar-refractivity contribution in [2.45, 2.75) is 12.3 Å². The number of halogens is 1. The zero-order valence-electron chi connectivity index (χ0n) is 17.0. The lowest BCUT2D eigenvalue weighted by atomic mass is 9.88. The molecule has 1 aliphatic rings. The molecule has 162 valence electrons. The Bertz CT molecular complexity index is 1240. The van der Waals surface area contributed by atoms with E-state index >= 15 is 0 Å². The first-order chi connectivity index (χ1) is 15.4. The van der Waals surface area contributed by atoms with E-state index in [9.17, 15) is 19.1 Å². The van der Waals surface area contributed by atoms with Gasteiger partial charge < -0.3 is 19.9 Å². The zero-order chi connectivity index (χ0) is 22.8. The molecule has 1 aromatic heterocycles. The number of carboxylic acids is 1. The molecule has 1 aliphatic heterocycles. The molecule has 2 aromatic carbocycles. The highest BCUT2D eigenvalue weighted by Gasteiger charge is 2.34. The Morgan fingerprint density at radius 3 is 2.69 bits per heavy atom. The molecule has 0 aliphatic carbocycles. The van der Waals surface area contributed by atoms with Crippen LogP contribution in [0.1, 0.15) is 32.5 Å². The highest BCUT2D eigenvalue weighted by molar-refractivity contribution is 7.15. The monoisotopic (exact) mass is 451 g/mol. The summed E-state index contributed by atoms with van der Waals surface area (Å²) in [6.45, 7) is 0.0830. The van der Waals surface area contributed by atoms with Crippen LogP contribution in [-0.4, -0.2) is 30.7 Å². The van der Waals surface area contributed by atoms with Gasteiger partial charge in [0.15, 0.2) is 11.5 Å². The minimum absolute atomic E-state index is 0.0785. The minimum Gasteiger partial charge on any atom is -0.493 e. The second-order valence-electron chi connectivity index (χ2n) is 7.07. The molecule has 0 radical (unpaired) electrons. The summed E-state index contributed by atoms with van der Waals surface area (Å²) in [5.41, 5.74) is 2.09. The molecule has 0 saturated carbocycles. The second kappa shape index (κ2) is 8.73. The van der Waals surface area contributed by atoms with Gasteiger partial charge in [-0.3, -0.25) is 4.79 Å². The van der Waals surface area contributed by atoms with Crippen LogP contribution >= 0.6 is 11.3 Å². The summed E-state index contributed by atoms with van der Waals surface area (Å²) < 4.78 is 24.3. The standard InChI is InChI=1S/C24H18FNO5S/c1-3-10-31-17-9-6-14(11-18(17)30-2)16-12-19(27)26-21-20(13-4-7-15(25)8-5-13)23(24(28)29)32-22(16)21/h1,4-9,11,16H,10,12H2,2H3,(H,26,27)(H,28,29). The maximum Gasteiger partial charge on any atom is 0.346 e. The summed E-state index contributed by atoms with van der Waals surface area (Å²) in [6, 6.07) is 10.8. The van der Waals surface area contributed by atoms with Gasteiger partial charge in [-0.2, -0.15) is 0 Å². The number of ether oxygens (including phenoxy) is 2. The van der Waals surface area contributed by atoms with Gasteiger partial charge in [-0.05, 0) is 35.4 Å². The average molecular weight is 451 g/mol. The van der Waals surface area contributed by atoms with E-state index in [1.807, 2.05) is 0 Å². The Kier molecular flexibility index (Phi) is 5.84. The molecule has 0 fully saturated rings. The van der Waals surface area contributed by atoms with Crippen molar-refractivity contribution in [3.05, 3.63) is 63.6 Å². The Balaban J connectivity index is 1.85. The quantitative estimate of drug-likeness (QED) is 0.529. The van der Waals surface area contributed by atoms with Crippen LogP contribution in [0.4, 0.5) is 10.1 Å². The van der Waals surface area contributed by atoms with Gasteiger partial charge in [-0.1, -0.05) is 24.1 Å². The molecular weight excluding hydrogens is 433 g/mol. The van der Waals surface area contributed by atoms with E-state index in [0.29, 0.717) is 33.2 Å². The van der Waals surface area contributed by atoms with Crippen molar-refractivity contribution in [3.8, 4) is 35.0 Å². The molecule has 1 amide bonds. The normalized spacial score (nSPS) is 14.8. The number of fused-ring (bicyclic) bond motifs is 1. The predicted molar refractivity (Wildman–Crippen MR) is 119 cm³/mol. The van der Waals surface area contributed by atoms with Crippen LogP contribution in [0.5, 0.6) is 11.5 Å². The van der Waals surface area contributed by atoms with E-state index in [4.69, 9.17) is 15.9 Å². The smallest absolute Gasteiger partial charge is 0.346 e. The third-order valence-electron chi connectivity index (χ3n) is 5.13. The van der Waals surface area contributed by atoms with Crippen LogP contribution in [0.2, 0.25) is 0 Å². The molecule has 1 unspecified atom stereocenters. The second-order valence-corrected chi connectivity index (χ2v) is 8.12. The fourth-order valence-electron chi connectivity index (χ4n) is 3.74. The van der Waals surface area contributed by atoms with E-state index in [2.05, 4.69) is 11.2 Å². The summed E-state index contributed by atoms with van der Waals surface area (Å²) in [4.78, 5) is 25.4. The van der Waals surface area contributed by atoms with Crippen molar-refractivity contribution < 1.29 is 28.6 Å². The van der Waals surface area contributed by atoms with Crippen LogP contribution < -0.4 is 14.8 Å². The van der Waals surface area contributed by atoms with Crippen LogP contribution in [0.25, 0.3) is 11.1 Å². The molecule has 0 saturated heterocycles. The summed E-state index contributed by atoms with van der Waals surface area (Å²) in [6.07, 6.45) is 5.39. The average Bonchev–Trinajstić information content (AvgIpc) is 3.17. The largest absolute Gasteiger partial charge is 0.493 e. The van der Waals surface area contributed by atoms with Crippen molar-refractivity contribution in [2.24, 2.45) is 0 Å². The number of thiophene rings is 1. The van der Waals surface area contributed by atoms with Gasteiger partial charge in [0.2, 0.25) is 5.91 Å². The molecule has 1 atom stereocenters. The number of aromatic carboxylic acids is 1. The number of hydrogen-bond acceptors (Lipinski definition) is 5. The lowest BCUT2D eigenvalue weighted by Gasteiger charge is -2.24. The molecule has 0 spiro atoms. The van der Waals surface area contributed by atoms with Gasteiger partial charge >= 0.3 is 5.97 Å². The molecule has 2 heterocycles. The van der Waals surface area contributed by atoms with Gasteiger partial charge in [0.25, 0.3) is 0 Å². The van der Waals surface area contributed by atoms with E-state index in [0.717, 1.165) is 16.9 Å². The first-order valence-electron chi connectivity index (χ1n) is 9.63.